The van der Waals surface area contributed by atoms with Crippen LogP contribution in [-0.4, -0.2) is 63.7 Å². The van der Waals surface area contributed by atoms with Gasteiger partial charge in [-0.15, -0.1) is 0 Å². The maximum Gasteiger partial charge on any atom is 0.274 e. The zero-order valence-electron chi connectivity index (χ0n) is 18.9. The van der Waals surface area contributed by atoms with Crippen molar-refractivity contribution in [1.29, 1.82) is 5.26 Å². The molecule has 2 unspecified atom stereocenters. The Balaban J connectivity index is 1.41. The van der Waals surface area contributed by atoms with Gasteiger partial charge in [0.15, 0.2) is 0 Å². The predicted molar refractivity (Wildman–Crippen MR) is 126 cm³/mol. The Kier molecular flexibility index (Phi) is 6.50. The van der Waals surface area contributed by atoms with Gasteiger partial charge in [0.1, 0.15) is 11.7 Å². The Labute approximate surface area is 197 Å². The number of amides is 3. The number of carbonyl (C=O) groups is 3. The maximum atomic E-state index is 13.0. The summed E-state index contributed by atoms with van der Waals surface area (Å²) in [6.45, 7) is 1.77. The first-order valence-electron chi connectivity index (χ1n) is 10.9. The fraction of sp³-hybridized carbons (Fsp3) is 0.280. The summed E-state index contributed by atoms with van der Waals surface area (Å²) in [5.41, 5.74) is 3.01. The van der Waals surface area contributed by atoms with Crippen molar-refractivity contribution in [1.82, 2.24) is 19.8 Å². The van der Waals surface area contributed by atoms with Crippen molar-refractivity contribution in [2.45, 2.75) is 19.4 Å². The second kappa shape index (κ2) is 9.67. The third-order valence-electron chi connectivity index (χ3n) is 5.93. The van der Waals surface area contributed by atoms with Crippen LogP contribution in [0.3, 0.4) is 0 Å². The van der Waals surface area contributed by atoms with Crippen LogP contribution in [0.4, 0.5) is 5.69 Å². The van der Waals surface area contributed by atoms with Gasteiger partial charge in [0, 0.05) is 19.3 Å². The Hall–Kier alpha value is -4.32. The van der Waals surface area contributed by atoms with Crippen LogP contribution >= 0.6 is 0 Å². The number of nitriles is 1. The molecule has 0 bridgehead atoms. The number of likely N-dealkylation sites (tertiary alicyclic amines) is 1. The van der Waals surface area contributed by atoms with E-state index >= 15 is 0 Å². The van der Waals surface area contributed by atoms with Gasteiger partial charge in [0.05, 0.1) is 35.8 Å². The molecular formula is C25H24N6O3. The lowest BCUT2D eigenvalue weighted by molar-refractivity contribution is -0.131. The lowest BCUT2D eigenvalue weighted by Gasteiger charge is -2.23. The number of benzene rings is 2. The summed E-state index contributed by atoms with van der Waals surface area (Å²) in [6.07, 6.45) is 1.62. The molecule has 1 N–H and O–H groups in total. The lowest BCUT2D eigenvalue weighted by atomic mass is 10.0. The molecule has 9 heteroatoms. The molecule has 2 aromatic carbocycles. The third-order valence-corrected chi connectivity index (χ3v) is 5.93. The van der Waals surface area contributed by atoms with E-state index in [0.717, 1.165) is 5.56 Å². The monoisotopic (exact) mass is 456 g/mol. The highest BCUT2D eigenvalue weighted by molar-refractivity contribution is 5.97. The fourth-order valence-electron chi connectivity index (χ4n) is 3.99. The van der Waals surface area contributed by atoms with Gasteiger partial charge in [-0.1, -0.05) is 30.3 Å². The highest BCUT2D eigenvalue weighted by Crippen LogP contribution is 2.25. The normalized spacial score (nSPS) is 17.3. The second-order valence-corrected chi connectivity index (χ2v) is 8.33. The molecule has 2 atom stereocenters. The van der Waals surface area contributed by atoms with Gasteiger partial charge in [-0.05, 0) is 37.1 Å². The Bertz CT molecular complexity index is 1300. The highest BCUT2D eigenvalue weighted by atomic mass is 16.2. The van der Waals surface area contributed by atoms with Crippen LogP contribution in [0.25, 0.3) is 11.0 Å². The highest BCUT2D eigenvalue weighted by Gasteiger charge is 2.39. The third kappa shape index (κ3) is 4.71. The zero-order chi connectivity index (χ0) is 24.2. The Morgan fingerprint density at radius 3 is 2.59 bits per heavy atom. The number of hydrogen-bond acceptors (Lipinski definition) is 6. The first-order valence-corrected chi connectivity index (χ1v) is 10.9. The van der Waals surface area contributed by atoms with Crippen LogP contribution in [0.1, 0.15) is 22.5 Å². The molecule has 4 rings (SSSR count). The zero-order valence-corrected chi connectivity index (χ0v) is 18.9. The number of hydrogen-bond donors (Lipinski definition) is 1. The van der Waals surface area contributed by atoms with E-state index in [1.54, 1.807) is 18.2 Å². The van der Waals surface area contributed by atoms with Crippen molar-refractivity contribution >= 4 is 34.4 Å². The van der Waals surface area contributed by atoms with E-state index in [-0.39, 0.29) is 31.1 Å². The molecule has 1 aromatic heterocycles. The second-order valence-electron chi connectivity index (χ2n) is 8.33. The van der Waals surface area contributed by atoms with Crippen molar-refractivity contribution < 1.29 is 14.4 Å². The summed E-state index contributed by atoms with van der Waals surface area (Å²) in [7, 11) is 1.50. The van der Waals surface area contributed by atoms with Gasteiger partial charge < -0.3 is 15.1 Å². The number of nitrogens with one attached hydrogen (secondary N) is 1. The van der Waals surface area contributed by atoms with Crippen molar-refractivity contribution in [2.75, 3.05) is 25.5 Å². The van der Waals surface area contributed by atoms with E-state index in [4.69, 9.17) is 0 Å². The van der Waals surface area contributed by atoms with E-state index in [0.29, 0.717) is 16.7 Å². The molecule has 1 aliphatic heterocycles. The van der Waals surface area contributed by atoms with Crippen LogP contribution in [0, 0.1) is 24.2 Å². The fourth-order valence-corrected chi connectivity index (χ4v) is 3.99. The van der Waals surface area contributed by atoms with Crippen LogP contribution in [-0.2, 0) is 9.59 Å². The molecule has 34 heavy (non-hydrogen) atoms. The maximum absolute atomic E-state index is 13.0. The minimum atomic E-state index is -0.732. The van der Waals surface area contributed by atoms with E-state index in [9.17, 15) is 19.6 Å². The summed E-state index contributed by atoms with van der Waals surface area (Å²) >= 11 is 0. The summed E-state index contributed by atoms with van der Waals surface area (Å²) in [6, 6.07) is 16.0. The van der Waals surface area contributed by atoms with Gasteiger partial charge in [0.2, 0.25) is 11.8 Å². The average molecular weight is 457 g/mol. The number of aromatic nitrogens is 2. The molecule has 1 fully saturated rings. The van der Waals surface area contributed by atoms with E-state index < -0.39 is 23.8 Å². The quantitative estimate of drug-likeness (QED) is 0.630. The Morgan fingerprint density at radius 1 is 1.15 bits per heavy atom. The summed E-state index contributed by atoms with van der Waals surface area (Å²) in [5.74, 6) is -1.60. The number of anilines is 1. The molecular weight excluding hydrogens is 432 g/mol. The number of rotatable bonds is 5. The molecule has 1 saturated heterocycles. The van der Waals surface area contributed by atoms with Crippen molar-refractivity contribution in [3.63, 3.8) is 0 Å². The predicted octanol–water partition coefficient (Wildman–Crippen LogP) is 2.39. The lowest BCUT2D eigenvalue weighted by Crippen LogP contribution is -2.43. The Morgan fingerprint density at radius 2 is 1.85 bits per heavy atom. The molecule has 2 heterocycles. The number of carbonyl (C=O) groups excluding carboxylic acids is 3. The first-order chi connectivity index (χ1) is 16.4. The molecule has 3 aromatic rings. The molecule has 172 valence electrons. The largest absolute Gasteiger partial charge is 0.331 e. The van der Waals surface area contributed by atoms with Crippen molar-refractivity contribution in [2.24, 2.45) is 5.92 Å². The van der Waals surface area contributed by atoms with Gasteiger partial charge in [-0.2, -0.15) is 5.26 Å². The summed E-state index contributed by atoms with van der Waals surface area (Å²) in [4.78, 5) is 49.8. The molecule has 0 aliphatic carbocycles. The molecule has 1 aliphatic rings. The van der Waals surface area contributed by atoms with Gasteiger partial charge >= 0.3 is 0 Å². The van der Waals surface area contributed by atoms with Crippen LogP contribution in [0.15, 0.2) is 54.7 Å². The molecule has 0 spiro atoms. The number of para-hydroxylation sites is 3. The average Bonchev–Trinajstić information content (AvgIpc) is 3.29. The van der Waals surface area contributed by atoms with Crippen molar-refractivity contribution in [3.8, 4) is 6.07 Å². The number of fused-ring (bicyclic) bond motifs is 1. The van der Waals surface area contributed by atoms with Gasteiger partial charge in [-0.3, -0.25) is 19.4 Å². The SMILES string of the molecule is Cc1ccccc1NC(=O)C1CC(C#N)N(C(=O)CN(C)C(=O)c2cnc3ccccc3n2)C1. The van der Waals surface area contributed by atoms with Crippen LogP contribution in [0.5, 0.6) is 0 Å². The molecule has 9 nitrogen and oxygen atoms in total. The molecule has 3 amide bonds. The topological polar surface area (TPSA) is 119 Å². The minimum absolute atomic E-state index is 0.118. The van der Waals surface area contributed by atoms with Crippen LogP contribution < -0.4 is 5.32 Å². The summed E-state index contributed by atoms with van der Waals surface area (Å²) in [5, 5.41) is 12.5. The van der Waals surface area contributed by atoms with E-state index in [1.807, 2.05) is 37.3 Å². The molecule has 0 saturated carbocycles. The smallest absolute Gasteiger partial charge is 0.274 e. The number of nitrogens with zero attached hydrogens (tertiary/aromatic N) is 5. The van der Waals surface area contributed by atoms with E-state index in [1.165, 1.54) is 23.0 Å². The molecule has 0 radical (unpaired) electrons. The van der Waals surface area contributed by atoms with Gasteiger partial charge in [0.25, 0.3) is 5.91 Å². The number of likely N-dealkylation sites (N-methyl/N-ethyl adjacent to an activating group) is 1. The minimum Gasteiger partial charge on any atom is -0.331 e. The van der Waals surface area contributed by atoms with Gasteiger partial charge in [-0.25, -0.2) is 4.98 Å². The van der Waals surface area contributed by atoms with Crippen LogP contribution in [0.2, 0.25) is 0 Å². The standard InChI is InChI=1S/C25H24N6O3/c1-16-7-3-4-8-19(16)29-24(33)17-11-18(12-26)31(14-17)23(32)15-30(2)25(34)22-13-27-20-9-5-6-10-21(20)28-22/h3-10,13,17-18H,11,14-15H2,1-2H3,(H,29,33). The number of aryl methyl sites for hydroxylation is 1. The van der Waals surface area contributed by atoms with Crippen molar-refractivity contribution in [3.05, 3.63) is 66.0 Å². The van der Waals surface area contributed by atoms with E-state index in [2.05, 4.69) is 21.4 Å². The first kappa shape index (κ1) is 22.9. The summed E-state index contributed by atoms with van der Waals surface area (Å²) < 4.78 is 0.